The van der Waals surface area contributed by atoms with E-state index in [0.717, 1.165) is 31.7 Å². The maximum atomic E-state index is 13.2. The molecule has 0 saturated carbocycles. The number of hydrogen-bond acceptors (Lipinski definition) is 6. The van der Waals surface area contributed by atoms with E-state index in [-0.39, 0.29) is 11.7 Å². The Morgan fingerprint density at radius 3 is 2.44 bits per heavy atom. The fourth-order valence-corrected chi connectivity index (χ4v) is 4.88. The van der Waals surface area contributed by atoms with Crippen LogP contribution >= 0.6 is 23.5 Å². The summed E-state index contributed by atoms with van der Waals surface area (Å²) < 4.78 is 0. The van der Waals surface area contributed by atoms with Crippen LogP contribution in [0.15, 0.2) is 76.0 Å². The molecule has 132 valence electrons. The highest BCUT2D eigenvalue weighted by atomic mass is 32.2. The number of para-hydroxylation sites is 2. The molecule has 0 aliphatic carbocycles. The van der Waals surface area contributed by atoms with Gasteiger partial charge in [0.2, 0.25) is 5.91 Å². The van der Waals surface area contributed by atoms with E-state index in [0.29, 0.717) is 5.65 Å². The van der Waals surface area contributed by atoms with Crippen molar-refractivity contribution in [3.63, 3.8) is 0 Å². The standard InChI is InChI=1S/C19H13N5OS2/c25-16(9-26-19-17-18(21-10-20-17)22-11-23-19)24-12-5-1-3-7-14(12)27-15-8-4-2-6-13(15)24/h1-8,10-11H,9H2,(H,20,21,22,23). The Labute approximate surface area is 163 Å². The van der Waals surface area contributed by atoms with Crippen LogP contribution in [-0.2, 0) is 4.79 Å². The van der Waals surface area contributed by atoms with Gasteiger partial charge < -0.3 is 4.98 Å². The molecule has 27 heavy (non-hydrogen) atoms. The number of fused-ring (bicyclic) bond motifs is 3. The number of carbonyl (C=O) groups excluding carboxylic acids is 1. The molecule has 0 bridgehead atoms. The Hall–Kier alpha value is -2.84. The number of thioether (sulfide) groups is 1. The van der Waals surface area contributed by atoms with E-state index in [1.54, 1.807) is 23.0 Å². The minimum Gasteiger partial charge on any atom is -0.341 e. The van der Waals surface area contributed by atoms with Gasteiger partial charge in [-0.2, -0.15) is 0 Å². The monoisotopic (exact) mass is 391 g/mol. The lowest BCUT2D eigenvalue weighted by molar-refractivity contribution is -0.115. The van der Waals surface area contributed by atoms with E-state index >= 15 is 0 Å². The topological polar surface area (TPSA) is 74.8 Å². The lowest BCUT2D eigenvalue weighted by Crippen LogP contribution is -2.30. The number of imidazole rings is 1. The molecule has 2 aromatic carbocycles. The number of hydrogen-bond donors (Lipinski definition) is 1. The van der Waals surface area contributed by atoms with Gasteiger partial charge in [0, 0.05) is 9.79 Å². The number of H-pyrrole nitrogens is 1. The molecule has 3 heterocycles. The first-order valence-corrected chi connectivity index (χ1v) is 10.1. The molecule has 0 atom stereocenters. The average molecular weight is 391 g/mol. The number of aromatic nitrogens is 4. The summed E-state index contributed by atoms with van der Waals surface area (Å²) in [7, 11) is 0. The van der Waals surface area contributed by atoms with Crippen LogP contribution in [0.2, 0.25) is 0 Å². The average Bonchev–Trinajstić information content (AvgIpc) is 3.19. The second kappa shape index (κ2) is 6.71. The molecule has 8 heteroatoms. The highest BCUT2D eigenvalue weighted by Crippen LogP contribution is 2.48. The SMILES string of the molecule is O=C(CSc1ncnc2nc[nH]c12)N1c2ccccc2Sc2ccccc21. The summed E-state index contributed by atoms with van der Waals surface area (Å²) in [6, 6.07) is 16.0. The zero-order valence-corrected chi connectivity index (χ0v) is 15.6. The molecule has 0 unspecified atom stereocenters. The van der Waals surface area contributed by atoms with Gasteiger partial charge in [0.15, 0.2) is 5.65 Å². The fraction of sp³-hybridized carbons (Fsp3) is 0.0526. The van der Waals surface area contributed by atoms with E-state index in [2.05, 4.69) is 19.9 Å². The predicted octanol–water partition coefficient (Wildman–Crippen LogP) is 4.27. The molecular weight excluding hydrogens is 378 g/mol. The van der Waals surface area contributed by atoms with Crippen LogP contribution < -0.4 is 4.90 Å². The van der Waals surface area contributed by atoms with Crippen molar-refractivity contribution in [2.45, 2.75) is 14.8 Å². The molecule has 4 aromatic rings. The van der Waals surface area contributed by atoms with Crippen molar-refractivity contribution in [1.29, 1.82) is 0 Å². The maximum absolute atomic E-state index is 13.2. The lowest BCUT2D eigenvalue weighted by Gasteiger charge is -2.30. The van der Waals surface area contributed by atoms with E-state index in [4.69, 9.17) is 0 Å². The van der Waals surface area contributed by atoms with Crippen molar-refractivity contribution in [1.82, 2.24) is 19.9 Å². The molecular formula is C19H13N5OS2. The largest absolute Gasteiger partial charge is 0.341 e. The lowest BCUT2D eigenvalue weighted by atomic mass is 10.2. The fourth-order valence-electron chi connectivity index (χ4n) is 3.02. The van der Waals surface area contributed by atoms with Gasteiger partial charge in [-0.05, 0) is 24.3 Å². The minimum atomic E-state index is 0.00600. The number of benzene rings is 2. The Balaban J connectivity index is 1.47. The Morgan fingerprint density at radius 1 is 1.00 bits per heavy atom. The zero-order valence-electron chi connectivity index (χ0n) is 14.0. The number of nitrogens with one attached hydrogen (secondary N) is 1. The minimum absolute atomic E-state index is 0.00600. The first-order chi connectivity index (χ1) is 13.3. The second-order valence-corrected chi connectivity index (χ2v) is 7.88. The van der Waals surface area contributed by atoms with Crippen molar-refractivity contribution >= 4 is 52.0 Å². The first kappa shape index (κ1) is 16.3. The van der Waals surface area contributed by atoms with Gasteiger partial charge in [0.1, 0.15) is 16.9 Å². The number of amides is 1. The van der Waals surface area contributed by atoms with Crippen LogP contribution in [0.1, 0.15) is 0 Å². The molecule has 0 spiro atoms. The van der Waals surface area contributed by atoms with Gasteiger partial charge in [-0.3, -0.25) is 9.69 Å². The Kier molecular flexibility index (Phi) is 4.06. The normalized spacial score (nSPS) is 12.7. The Morgan fingerprint density at radius 2 is 1.70 bits per heavy atom. The molecule has 1 N–H and O–H groups in total. The molecule has 0 fully saturated rings. The third-order valence-electron chi connectivity index (χ3n) is 4.20. The van der Waals surface area contributed by atoms with E-state index in [1.807, 2.05) is 48.5 Å². The molecule has 1 aliphatic heterocycles. The summed E-state index contributed by atoms with van der Waals surface area (Å²) >= 11 is 3.07. The van der Waals surface area contributed by atoms with Crippen molar-refractivity contribution in [3.05, 3.63) is 61.2 Å². The summed E-state index contributed by atoms with van der Waals surface area (Å²) in [5.41, 5.74) is 3.19. The predicted molar refractivity (Wildman–Crippen MR) is 107 cm³/mol. The molecule has 0 radical (unpaired) electrons. The van der Waals surface area contributed by atoms with Crippen molar-refractivity contribution in [2.75, 3.05) is 10.7 Å². The van der Waals surface area contributed by atoms with Gasteiger partial charge in [-0.25, -0.2) is 15.0 Å². The smallest absolute Gasteiger partial charge is 0.242 e. The number of anilines is 2. The van der Waals surface area contributed by atoms with Crippen molar-refractivity contribution < 1.29 is 4.79 Å². The second-order valence-electron chi connectivity index (χ2n) is 5.84. The summed E-state index contributed by atoms with van der Waals surface area (Å²) in [4.78, 5) is 32.7. The van der Waals surface area contributed by atoms with Crippen LogP contribution in [0.4, 0.5) is 11.4 Å². The number of nitrogens with zero attached hydrogens (tertiary/aromatic N) is 4. The highest BCUT2D eigenvalue weighted by molar-refractivity contribution is 8.00. The van der Waals surface area contributed by atoms with Crippen LogP contribution in [0.3, 0.4) is 0 Å². The van der Waals surface area contributed by atoms with E-state index < -0.39 is 0 Å². The summed E-state index contributed by atoms with van der Waals surface area (Å²) in [6.07, 6.45) is 3.05. The Bertz CT molecular complexity index is 1110. The maximum Gasteiger partial charge on any atom is 0.242 e. The van der Waals surface area contributed by atoms with Crippen LogP contribution in [0, 0.1) is 0 Å². The zero-order chi connectivity index (χ0) is 18.2. The van der Waals surface area contributed by atoms with Crippen molar-refractivity contribution in [3.8, 4) is 0 Å². The van der Waals surface area contributed by atoms with Crippen LogP contribution in [0.25, 0.3) is 11.2 Å². The van der Waals surface area contributed by atoms with E-state index in [1.165, 1.54) is 18.1 Å². The van der Waals surface area contributed by atoms with Crippen LogP contribution in [-0.4, -0.2) is 31.6 Å². The quantitative estimate of drug-likeness (QED) is 0.415. The molecule has 5 rings (SSSR count). The van der Waals surface area contributed by atoms with Crippen LogP contribution in [0.5, 0.6) is 0 Å². The highest BCUT2D eigenvalue weighted by Gasteiger charge is 2.27. The summed E-state index contributed by atoms with van der Waals surface area (Å²) in [6.45, 7) is 0. The van der Waals surface area contributed by atoms with Gasteiger partial charge in [-0.1, -0.05) is 47.8 Å². The molecule has 6 nitrogen and oxygen atoms in total. The van der Waals surface area contributed by atoms with E-state index in [9.17, 15) is 4.79 Å². The molecule has 0 saturated heterocycles. The molecule has 2 aromatic heterocycles. The molecule has 1 aliphatic rings. The number of aromatic amines is 1. The van der Waals surface area contributed by atoms with Gasteiger partial charge in [0.25, 0.3) is 0 Å². The van der Waals surface area contributed by atoms with Gasteiger partial charge in [-0.15, -0.1) is 0 Å². The number of carbonyl (C=O) groups is 1. The summed E-state index contributed by atoms with van der Waals surface area (Å²) in [5, 5.41) is 0.721. The van der Waals surface area contributed by atoms with Crippen molar-refractivity contribution in [2.24, 2.45) is 0 Å². The third-order valence-corrected chi connectivity index (χ3v) is 6.31. The van der Waals surface area contributed by atoms with Gasteiger partial charge in [0.05, 0.1) is 23.5 Å². The summed E-state index contributed by atoms with van der Waals surface area (Å²) in [5.74, 6) is 0.268. The van der Waals surface area contributed by atoms with Gasteiger partial charge >= 0.3 is 0 Å². The third kappa shape index (κ3) is 2.87. The molecule has 1 amide bonds. The first-order valence-electron chi connectivity index (χ1n) is 8.27. The number of rotatable bonds is 3.